The van der Waals surface area contributed by atoms with Crippen molar-refractivity contribution in [3.8, 4) is 0 Å². The third-order valence-corrected chi connectivity index (χ3v) is 5.49. The van der Waals surface area contributed by atoms with Crippen LogP contribution < -0.4 is 5.32 Å². The molecule has 1 aliphatic rings. The highest BCUT2D eigenvalue weighted by Crippen LogP contribution is 2.44. The fourth-order valence-corrected chi connectivity index (χ4v) is 4.29. The van der Waals surface area contributed by atoms with Crippen molar-refractivity contribution >= 4 is 11.3 Å². The minimum absolute atomic E-state index is 0.0507. The Bertz CT molecular complexity index is 407. The number of thiazole rings is 1. The maximum Gasteiger partial charge on any atom is 0.113 e. The van der Waals surface area contributed by atoms with E-state index in [1.54, 1.807) is 18.4 Å². The Hall–Kier alpha value is -0.450. The second-order valence-electron chi connectivity index (χ2n) is 5.97. The van der Waals surface area contributed by atoms with Crippen molar-refractivity contribution in [1.82, 2.24) is 10.3 Å². The van der Waals surface area contributed by atoms with Gasteiger partial charge in [-0.1, -0.05) is 20.3 Å². The Morgan fingerprint density at radius 3 is 2.89 bits per heavy atom. The Kier molecular flexibility index (Phi) is 4.98. The SMILES string of the molecule is COCCNC1(c2nc(C)cs2)CC(C)CCC1C. The second-order valence-corrected chi connectivity index (χ2v) is 6.83. The topological polar surface area (TPSA) is 34.1 Å². The fraction of sp³-hybridized carbons (Fsp3) is 0.800. The van der Waals surface area contributed by atoms with Crippen LogP contribution in [0, 0.1) is 18.8 Å². The Morgan fingerprint density at radius 1 is 1.47 bits per heavy atom. The smallest absolute Gasteiger partial charge is 0.113 e. The van der Waals surface area contributed by atoms with E-state index >= 15 is 0 Å². The number of ether oxygens (including phenoxy) is 1. The van der Waals surface area contributed by atoms with Gasteiger partial charge in [-0.15, -0.1) is 11.3 Å². The van der Waals surface area contributed by atoms with Gasteiger partial charge in [0.2, 0.25) is 0 Å². The first kappa shape index (κ1) is 14.9. The van der Waals surface area contributed by atoms with E-state index in [2.05, 4.69) is 31.5 Å². The third-order valence-electron chi connectivity index (χ3n) is 4.35. The average Bonchev–Trinajstić information content (AvgIpc) is 2.81. The summed E-state index contributed by atoms with van der Waals surface area (Å²) in [5, 5.41) is 7.20. The van der Waals surface area contributed by atoms with Crippen molar-refractivity contribution in [2.45, 2.75) is 45.6 Å². The van der Waals surface area contributed by atoms with E-state index in [1.165, 1.54) is 24.3 Å². The zero-order chi connectivity index (χ0) is 13.9. The van der Waals surface area contributed by atoms with Crippen LogP contribution in [0.5, 0.6) is 0 Å². The highest BCUT2D eigenvalue weighted by molar-refractivity contribution is 7.09. The molecular weight excluding hydrogens is 256 g/mol. The fourth-order valence-electron chi connectivity index (χ4n) is 3.19. The monoisotopic (exact) mass is 282 g/mol. The lowest BCUT2D eigenvalue weighted by Gasteiger charge is -2.44. The van der Waals surface area contributed by atoms with E-state index in [1.807, 2.05) is 0 Å². The number of aryl methyl sites for hydroxylation is 1. The quantitative estimate of drug-likeness (QED) is 0.841. The second kappa shape index (κ2) is 6.33. The normalized spacial score (nSPS) is 31.6. The van der Waals surface area contributed by atoms with E-state index in [9.17, 15) is 0 Å². The first-order chi connectivity index (χ1) is 9.08. The molecule has 2 rings (SSSR count). The molecule has 1 aromatic heterocycles. The Labute approximate surface area is 120 Å². The first-order valence-electron chi connectivity index (χ1n) is 7.25. The third kappa shape index (κ3) is 3.18. The standard InChI is InChI=1S/C15H26N2OS/c1-11-5-6-12(2)15(9-11,16-7-8-18-4)14-17-13(3)10-19-14/h10-12,16H,5-9H2,1-4H3. The van der Waals surface area contributed by atoms with Crippen molar-refractivity contribution < 1.29 is 4.74 Å². The highest BCUT2D eigenvalue weighted by atomic mass is 32.1. The summed E-state index contributed by atoms with van der Waals surface area (Å²) in [6.45, 7) is 8.46. The molecule has 3 nitrogen and oxygen atoms in total. The van der Waals surface area contributed by atoms with E-state index in [-0.39, 0.29) is 5.54 Å². The summed E-state index contributed by atoms with van der Waals surface area (Å²) in [6.07, 6.45) is 3.80. The molecule has 0 radical (unpaired) electrons. The summed E-state index contributed by atoms with van der Waals surface area (Å²) in [5.41, 5.74) is 1.19. The van der Waals surface area contributed by atoms with Crippen LogP contribution in [0.4, 0.5) is 0 Å². The summed E-state index contributed by atoms with van der Waals surface area (Å²) in [4.78, 5) is 4.79. The molecule has 1 N–H and O–H groups in total. The molecule has 0 spiro atoms. The van der Waals surface area contributed by atoms with Crippen LogP contribution in [0.3, 0.4) is 0 Å². The van der Waals surface area contributed by atoms with Gasteiger partial charge in [0.1, 0.15) is 5.01 Å². The highest BCUT2D eigenvalue weighted by Gasteiger charge is 2.43. The van der Waals surface area contributed by atoms with Crippen molar-refractivity contribution in [2.24, 2.45) is 11.8 Å². The summed E-state index contributed by atoms with van der Waals surface area (Å²) in [7, 11) is 1.76. The molecule has 3 unspecified atom stereocenters. The Balaban J connectivity index is 2.25. The number of aromatic nitrogens is 1. The molecule has 1 aliphatic carbocycles. The summed E-state index contributed by atoms with van der Waals surface area (Å²) in [5.74, 6) is 1.39. The zero-order valence-corrected chi connectivity index (χ0v) is 13.3. The number of nitrogens with zero attached hydrogens (tertiary/aromatic N) is 1. The van der Waals surface area contributed by atoms with Crippen LogP contribution in [0.25, 0.3) is 0 Å². The minimum atomic E-state index is 0.0507. The van der Waals surface area contributed by atoms with Gasteiger partial charge in [-0.3, -0.25) is 0 Å². The molecule has 1 aromatic rings. The number of hydrogen-bond acceptors (Lipinski definition) is 4. The lowest BCUT2D eigenvalue weighted by Crippen LogP contribution is -2.51. The van der Waals surface area contributed by atoms with Crippen molar-refractivity contribution in [1.29, 1.82) is 0 Å². The lowest BCUT2D eigenvalue weighted by atomic mass is 9.70. The van der Waals surface area contributed by atoms with Gasteiger partial charge in [0.25, 0.3) is 0 Å². The molecule has 1 heterocycles. The van der Waals surface area contributed by atoms with Crippen LogP contribution in [-0.4, -0.2) is 25.2 Å². The Morgan fingerprint density at radius 2 is 2.26 bits per heavy atom. The molecule has 0 saturated heterocycles. The number of methoxy groups -OCH3 is 1. The maximum atomic E-state index is 5.20. The van der Waals surface area contributed by atoms with Crippen molar-refractivity contribution in [2.75, 3.05) is 20.3 Å². The van der Waals surface area contributed by atoms with Crippen molar-refractivity contribution in [3.63, 3.8) is 0 Å². The number of rotatable bonds is 5. The minimum Gasteiger partial charge on any atom is -0.383 e. The van der Waals surface area contributed by atoms with Crippen molar-refractivity contribution in [3.05, 3.63) is 16.1 Å². The average molecular weight is 282 g/mol. The molecular formula is C15H26N2OS. The van der Waals surface area contributed by atoms with Crippen LogP contribution in [-0.2, 0) is 10.3 Å². The molecule has 108 valence electrons. The molecule has 0 aliphatic heterocycles. The first-order valence-corrected chi connectivity index (χ1v) is 8.13. The van der Waals surface area contributed by atoms with Gasteiger partial charge >= 0.3 is 0 Å². The van der Waals surface area contributed by atoms with E-state index in [4.69, 9.17) is 9.72 Å². The predicted octanol–water partition coefficient (Wildman–Crippen LogP) is 3.34. The molecule has 0 bridgehead atoms. The van der Waals surface area contributed by atoms with Gasteiger partial charge in [-0.05, 0) is 31.6 Å². The summed E-state index contributed by atoms with van der Waals surface area (Å²) < 4.78 is 5.20. The van der Waals surface area contributed by atoms with Crippen LogP contribution in [0.2, 0.25) is 0 Å². The van der Waals surface area contributed by atoms with Crippen LogP contribution in [0.15, 0.2) is 5.38 Å². The van der Waals surface area contributed by atoms with Gasteiger partial charge in [0.05, 0.1) is 12.1 Å². The molecule has 0 amide bonds. The largest absolute Gasteiger partial charge is 0.383 e. The number of hydrogen-bond donors (Lipinski definition) is 1. The molecule has 1 fully saturated rings. The van der Waals surface area contributed by atoms with Gasteiger partial charge in [0, 0.05) is 24.7 Å². The van der Waals surface area contributed by atoms with Gasteiger partial charge in [-0.25, -0.2) is 4.98 Å². The summed E-state index contributed by atoms with van der Waals surface area (Å²) >= 11 is 1.80. The van der Waals surface area contributed by atoms with Crippen LogP contribution in [0.1, 0.15) is 43.8 Å². The predicted molar refractivity (Wildman–Crippen MR) is 80.6 cm³/mol. The molecule has 19 heavy (non-hydrogen) atoms. The zero-order valence-electron chi connectivity index (χ0n) is 12.5. The molecule has 4 heteroatoms. The van der Waals surface area contributed by atoms with Crippen LogP contribution >= 0.6 is 11.3 Å². The van der Waals surface area contributed by atoms with Gasteiger partial charge in [0.15, 0.2) is 0 Å². The molecule has 3 atom stereocenters. The number of nitrogens with one attached hydrogen (secondary N) is 1. The lowest BCUT2D eigenvalue weighted by molar-refractivity contribution is 0.102. The van der Waals surface area contributed by atoms with Gasteiger partial charge < -0.3 is 10.1 Å². The summed E-state index contributed by atoms with van der Waals surface area (Å²) in [6, 6.07) is 0. The van der Waals surface area contributed by atoms with E-state index < -0.39 is 0 Å². The molecule has 0 aromatic carbocycles. The van der Waals surface area contributed by atoms with Gasteiger partial charge in [-0.2, -0.15) is 0 Å². The molecule has 1 saturated carbocycles. The maximum absolute atomic E-state index is 5.20. The van der Waals surface area contributed by atoms with E-state index in [0.717, 1.165) is 24.8 Å². The van der Waals surface area contributed by atoms with E-state index in [0.29, 0.717) is 5.92 Å².